The van der Waals surface area contributed by atoms with Crippen LogP contribution in [0.3, 0.4) is 0 Å². The maximum absolute atomic E-state index is 14.2. The Morgan fingerprint density at radius 3 is 2.46 bits per heavy atom. The van der Waals surface area contributed by atoms with Crippen LogP contribution in [-0.4, -0.2) is 81.2 Å². The van der Waals surface area contributed by atoms with Crippen molar-refractivity contribution in [2.75, 3.05) is 26.2 Å². The van der Waals surface area contributed by atoms with Gasteiger partial charge in [-0.05, 0) is 77.3 Å². The molecule has 2 saturated heterocycles. The predicted octanol–water partition coefficient (Wildman–Crippen LogP) is 5.23. The summed E-state index contributed by atoms with van der Waals surface area (Å²) in [4.78, 5) is 32.8. The summed E-state index contributed by atoms with van der Waals surface area (Å²) in [5.74, 6) is -1.72. The summed E-state index contributed by atoms with van der Waals surface area (Å²) in [6, 6.07) is 2.31. The van der Waals surface area contributed by atoms with Gasteiger partial charge in [0.25, 0.3) is 18.2 Å². The molecule has 2 aromatic rings. The lowest BCUT2D eigenvalue weighted by Crippen LogP contribution is -2.61. The van der Waals surface area contributed by atoms with Gasteiger partial charge in [-0.3, -0.25) is 4.79 Å². The number of alkyl halides is 2. The molecule has 1 aromatic heterocycles. The van der Waals surface area contributed by atoms with Crippen molar-refractivity contribution in [2.24, 2.45) is 5.41 Å². The minimum absolute atomic E-state index is 0.0637. The Kier molecular flexibility index (Phi) is 8.98. The lowest BCUT2D eigenvalue weighted by Gasteiger charge is -2.54. The molecule has 0 aliphatic carbocycles. The molecule has 10 nitrogen and oxygen atoms in total. The third kappa shape index (κ3) is 7.00. The normalized spacial score (nSPS) is 18.4. The van der Waals surface area contributed by atoms with Crippen molar-refractivity contribution < 1.29 is 32.2 Å². The quantitative estimate of drug-likeness (QED) is 0.461. The number of carbonyl (C=O) groups excluding carboxylic acids is 2. The van der Waals surface area contributed by atoms with E-state index in [1.807, 2.05) is 20.8 Å². The molecule has 2 aliphatic rings. The van der Waals surface area contributed by atoms with Crippen molar-refractivity contribution in [1.29, 1.82) is 0 Å². The second-order valence-corrected chi connectivity index (χ2v) is 11.9. The van der Waals surface area contributed by atoms with Crippen molar-refractivity contribution in [1.82, 2.24) is 30.3 Å². The number of aromatic nitrogens is 3. The SMILES string of the molecule is CC(C)N(CC(F)F)C(=O)c1cc(F)ccc1Oc1nnc(Cl)nc1C1NCC12CCN(C(=O)OC(C)(C)C)CC2. The Labute approximate surface area is 241 Å². The molecule has 0 saturated carbocycles. The number of halogens is 4. The highest BCUT2D eigenvalue weighted by Crippen LogP contribution is 2.50. The van der Waals surface area contributed by atoms with Gasteiger partial charge in [0.1, 0.15) is 22.9 Å². The molecule has 2 amide bonds. The Morgan fingerprint density at radius 2 is 1.90 bits per heavy atom. The van der Waals surface area contributed by atoms with Crippen LogP contribution < -0.4 is 10.1 Å². The monoisotopic (exact) mass is 598 g/mol. The van der Waals surface area contributed by atoms with Crippen molar-refractivity contribution in [3.05, 3.63) is 40.6 Å². The van der Waals surface area contributed by atoms with Crippen LogP contribution in [0.25, 0.3) is 0 Å². The van der Waals surface area contributed by atoms with Crippen molar-refractivity contribution in [3.8, 4) is 11.6 Å². The topological polar surface area (TPSA) is 110 Å². The van der Waals surface area contributed by atoms with Gasteiger partial charge in [0, 0.05) is 31.1 Å². The van der Waals surface area contributed by atoms with E-state index in [2.05, 4.69) is 20.5 Å². The second kappa shape index (κ2) is 12.0. The van der Waals surface area contributed by atoms with E-state index >= 15 is 0 Å². The van der Waals surface area contributed by atoms with Crippen LogP contribution in [-0.2, 0) is 4.74 Å². The molecule has 1 atom stereocenters. The zero-order valence-electron chi connectivity index (χ0n) is 23.6. The number of amides is 2. The molecule has 1 N–H and O–H groups in total. The summed E-state index contributed by atoms with van der Waals surface area (Å²) in [7, 11) is 0. The summed E-state index contributed by atoms with van der Waals surface area (Å²) in [5.41, 5.74) is -0.806. The zero-order valence-corrected chi connectivity index (χ0v) is 24.3. The molecule has 2 aliphatic heterocycles. The number of rotatable bonds is 7. The maximum Gasteiger partial charge on any atom is 0.410 e. The molecule has 1 spiro atoms. The largest absolute Gasteiger partial charge is 0.444 e. The molecular formula is C27H34ClF3N6O4. The van der Waals surface area contributed by atoms with Crippen LogP contribution in [0.15, 0.2) is 18.2 Å². The predicted molar refractivity (Wildman–Crippen MR) is 144 cm³/mol. The van der Waals surface area contributed by atoms with Gasteiger partial charge >= 0.3 is 6.09 Å². The second-order valence-electron chi connectivity index (χ2n) is 11.6. The minimum atomic E-state index is -2.78. The fourth-order valence-corrected chi connectivity index (χ4v) is 5.20. The number of ether oxygens (including phenoxy) is 2. The van der Waals surface area contributed by atoms with Crippen molar-refractivity contribution >= 4 is 23.6 Å². The average molecular weight is 599 g/mol. The van der Waals surface area contributed by atoms with E-state index in [1.54, 1.807) is 18.7 Å². The number of hydrogen-bond acceptors (Lipinski definition) is 8. The van der Waals surface area contributed by atoms with Gasteiger partial charge in [-0.1, -0.05) is 0 Å². The van der Waals surface area contributed by atoms with E-state index in [0.717, 1.165) is 17.0 Å². The first-order valence-corrected chi connectivity index (χ1v) is 13.7. The molecular weight excluding hydrogens is 565 g/mol. The number of nitrogens with zero attached hydrogens (tertiary/aromatic N) is 5. The summed E-state index contributed by atoms with van der Waals surface area (Å²) >= 11 is 6.11. The number of carbonyl (C=O) groups is 2. The molecule has 224 valence electrons. The molecule has 1 unspecified atom stereocenters. The fourth-order valence-electron chi connectivity index (χ4n) is 5.07. The van der Waals surface area contributed by atoms with Gasteiger partial charge < -0.3 is 24.6 Å². The van der Waals surface area contributed by atoms with Crippen LogP contribution in [0, 0.1) is 11.2 Å². The van der Waals surface area contributed by atoms with E-state index in [4.69, 9.17) is 21.1 Å². The van der Waals surface area contributed by atoms with Crippen LogP contribution in [0.2, 0.25) is 5.28 Å². The van der Waals surface area contributed by atoms with Crippen LogP contribution >= 0.6 is 11.6 Å². The molecule has 3 heterocycles. The van der Waals surface area contributed by atoms with Gasteiger partial charge in [0.15, 0.2) is 0 Å². The first-order valence-electron chi connectivity index (χ1n) is 13.4. The Hall–Kier alpha value is -3.19. The third-order valence-corrected chi connectivity index (χ3v) is 7.37. The molecule has 1 aromatic carbocycles. The summed E-state index contributed by atoms with van der Waals surface area (Å²) in [5, 5.41) is 11.1. The van der Waals surface area contributed by atoms with Gasteiger partial charge in [0.05, 0.1) is 18.2 Å². The van der Waals surface area contributed by atoms with Crippen LogP contribution in [0.1, 0.15) is 69.6 Å². The highest BCUT2D eigenvalue weighted by atomic mass is 35.5. The lowest BCUT2D eigenvalue weighted by molar-refractivity contribution is -0.0196. The van der Waals surface area contributed by atoms with E-state index in [9.17, 15) is 22.8 Å². The summed E-state index contributed by atoms with van der Waals surface area (Å²) < 4.78 is 52.2. The summed E-state index contributed by atoms with van der Waals surface area (Å²) in [6.07, 6.45) is -1.87. The first kappa shape index (κ1) is 30.8. The number of likely N-dealkylation sites (tertiary alicyclic amines) is 1. The van der Waals surface area contributed by atoms with Crippen molar-refractivity contribution in [2.45, 2.75) is 71.6 Å². The van der Waals surface area contributed by atoms with E-state index < -0.39 is 36.3 Å². The molecule has 14 heteroatoms. The van der Waals surface area contributed by atoms with Gasteiger partial charge in [-0.15, -0.1) is 10.2 Å². The smallest absolute Gasteiger partial charge is 0.410 e. The molecule has 2 fully saturated rings. The van der Waals surface area contributed by atoms with Gasteiger partial charge in [0.2, 0.25) is 5.28 Å². The van der Waals surface area contributed by atoms with Crippen LogP contribution in [0.5, 0.6) is 11.6 Å². The lowest BCUT2D eigenvalue weighted by atomic mass is 9.66. The van der Waals surface area contributed by atoms with E-state index in [0.29, 0.717) is 38.2 Å². The highest BCUT2D eigenvalue weighted by Gasteiger charge is 2.51. The van der Waals surface area contributed by atoms with Gasteiger partial charge in [-0.2, -0.15) is 0 Å². The minimum Gasteiger partial charge on any atom is -0.444 e. The molecule has 41 heavy (non-hydrogen) atoms. The Morgan fingerprint density at radius 1 is 1.22 bits per heavy atom. The Balaban J connectivity index is 1.59. The van der Waals surface area contributed by atoms with Crippen molar-refractivity contribution in [3.63, 3.8) is 0 Å². The average Bonchev–Trinajstić information content (AvgIpc) is 2.87. The maximum atomic E-state index is 14.2. The number of hydrogen-bond donors (Lipinski definition) is 1. The van der Waals surface area contributed by atoms with Crippen LogP contribution in [0.4, 0.5) is 18.0 Å². The fraction of sp³-hybridized carbons (Fsp3) is 0.593. The van der Waals surface area contributed by atoms with Gasteiger partial charge in [-0.25, -0.2) is 22.9 Å². The third-order valence-electron chi connectivity index (χ3n) is 7.21. The summed E-state index contributed by atoms with van der Waals surface area (Å²) in [6.45, 7) is 9.39. The zero-order chi connectivity index (χ0) is 30.1. The standard InChI is InChI=1S/C27H34ClF3N6O4/c1-15(2)37(13-19(30)31)23(38)17-12-16(29)6-7-18(17)40-22-20(33-24(28)35-34-22)21-27(14-32-21)8-10-36(11-9-27)25(39)41-26(3,4)5/h6-7,12,15,19,21,32H,8-11,13-14H2,1-5H3. The molecule has 0 bridgehead atoms. The molecule has 0 radical (unpaired) electrons. The van der Waals surface area contributed by atoms with E-state index in [-0.39, 0.29) is 40.0 Å². The number of nitrogens with one attached hydrogen (secondary N) is 1. The number of piperidine rings is 1. The Bertz CT molecular complexity index is 1280. The highest BCUT2D eigenvalue weighted by molar-refractivity contribution is 6.28. The van der Waals surface area contributed by atoms with E-state index in [1.165, 1.54) is 6.07 Å². The number of benzene rings is 1. The first-order chi connectivity index (χ1) is 19.2. The molecule has 4 rings (SSSR count).